The average Bonchev–Trinajstić information content (AvgIpc) is 2.48. The molecule has 3 atom stereocenters. The largest absolute Gasteiger partial charge is 0.444 e. The smallest absolute Gasteiger partial charge is 0.407 e. The highest BCUT2D eigenvalue weighted by Crippen LogP contribution is 2.27. The second-order valence-corrected chi connectivity index (χ2v) is 8.28. The van der Waals surface area contributed by atoms with E-state index in [4.69, 9.17) is 9.47 Å². The summed E-state index contributed by atoms with van der Waals surface area (Å²) in [6, 6.07) is 0.237. The molecule has 1 aliphatic carbocycles. The van der Waals surface area contributed by atoms with Crippen LogP contribution in [0.3, 0.4) is 0 Å². The number of piperidine rings is 1. The van der Waals surface area contributed by atoms with Gasteiger partial charge in [-0.25, -0.2) is 4.79 Å². The fraction of sp³-hybridized carbons (Fsp3) is 0.947. The summed E-state index contributed by atoms with van der Waals surface area (Å²) in [6.07, 6.45) is 7.20. The zero-order valence-electron chi connectivity index (χ0n) is 16.0. The fourth-order valence-corrected chi connectivity index (χ4v) is 3.96. The molecule has 0 aromatic carbocycles. The first-order valence-electron chi connectivity index (χ1n) is 9.71. The summed E-state index contributed by atoms with van der Waals surface area (Å²) in [7, 11) is 0. The van der Waals surface area contributed by atoms with Gasteiger partial charge in [0, 0.05) is 25.7 Å². The van der Waals surface area contributed by atoms with Gasteiger partial charge in [-0.15, -0.1) is 0 Å². The van der Waals surface area contributed by atoms with E-state index in [1.807, 2.05) is 20.8 Å². The van der Waals surface area contributed by atoms with Gasteiger partial charge >= 0.3 is 6.09 Å². The van der Waals surface area contributed by atoms with Crippen molar-refractivity contribution >= 4 is 6.09 Å². The van der Waals surface area contributed by atoms with Crippen molar-refractivity contribution in [2.24, 2.45) is 5.92 Å². The Labute approximate surface area is 147 Å². The lowest BCUT2D eigenvalue weighted by Crippen LogP contribution is -2.50. The molecule has 0 unspecified atom stereocenters. The summed E-state index contributed by atoms with van der Waals surface area (Å²) >= 11 is 0. The molecule has 1 heterocycles. The third-order valence-electron chi connectivity index (χ3n) is 4.97. The van der Waals surface area contributed by atoms with Crippen LogP contribution in [0.1, 0.15) is 66.2 Å². The van der Waals surface area contributed by atoms with Gasteiger partial charge in [0.15, 0.2) is 0 Å². The second-order valence-electron chi connectivity index (χ2n) is 8.28. The van der Waals surface area contributed by atoms with Crippen molar-refractivity contribution in [1.29, 1.82) is 0 Å². The van der Waals surface area contributed by atoms with E-state index in [1.54, 1.807) is 0 Å². The van der Waals surface area contributed by atoms with Crippen LogP contribution in [0, 0.1) is 5.92 Å². The number of rotatable bonds is 5. The normalized spacial score (nSPS) is 29.2. The van der Waals surface area contributed by atoms with Crippen LogP contribution < -0.4 is 5.32 Å². The highest BCUT2D eigenvalue weighted by Gasteiger charge is 2.31. The Morgan fingerprint density at radius 3 is 2.62 bits per heavy atom. The molecule has 0 spiro atoms. The molecule has 2 rings (SSSR count). The van der Waals surface area contributed by atoms with Gasteiger partial charge in [0.2, 0.25) is 0 Å². The van der Waals surface area contributed by atoms with E-state index in [2.05, 4.69) is 17.1 Å². The molecule has 2 aliphatic rings. The Kier molecular flexibility index (Phi) is 7.35. The Bertz CT molecular complexity index is 393. The molecule has 5 nitrogen and oxygen atoms in total. The Morgan fingerprint density at radius 2 is 1.92 bits per heavy atom. The summed E-state index contributed by atoms with van der Waals surface area (Å²) in [6.45, 7) is 11.8. The van der Waals surface area contributed by atoms with Gasteiger partial charge < -0.3 is 19.7 Å². The zero-order valence-corrected chi connectivity index (χ0v) is 16.0. The summed E-state index contributed by atoms with van der Waals surface area (Å²) in [5.74, 6) is 0.520. The number of amides is 1. The number of hydrogen-bond donors (Lipinski definition) is 1. The Morgan fingerprint density at radius 1 is 1.17 bits per heavy atom. The van der Waals surface area contributed by atoms with Gasteiger partial charge in [-0.2, -0.15) is 0 Å². The standard InChI is InChI=1S/C19H36N2O3/c1-5-23-16-10-8-12-21(14-16)13-15-9-6-7-11-17(15)20-18(22)24-19(2,3)4/h15-17H,5-14H2,1-4H3,(H,20,22)/t15-,16-,17+/m1/s1. The molecular weight excluding hydrogens is 304 g/mol. The first kappa shape index (κ1) is 19.5. The molecule has 1 saturated carbocycles. The highest BCUT2D eigenvalue weighted by atomic mass is 16.6. The highest BCUT2D eigenvalue weighted by molar-refractivity contribution is 5.68. The van der Waals surface area contributed by atoms with E-state index >= 15 is 0 Å². The van der Waals surface area contributed by atoms with Crippen LogP contribution in [-0.4, -0.2) is 55.0 Å². The SMILES string of the molecule is CCO[C@@H]1CCCN(C[C@H]2CCCC[C@@H]2NC(=O)OC(C)(C)C)C1. The molecular formula is C19H36N2O3. The Balaban J connectivity index is 1.85. The van der Waals surface area contributed by atoms with E-state index in [9.17, 15) is 4.79 Å². The maximum atomic E-state index is 12.1. The van der Waals surface area contributed by atoms with Crippen LogP contribution in [0.25, 0.3) is 0 Å². The number of nitrogens with one attached hydrogen (secondary N) is 1. The minimum Gasteiger partial charge on any atom is -0.444 e. The lowest BCUT2D eigenvalue weighted by atomic mass is 9.84. The van der Waals surface area contributed by atoms with Gasteiger partial charge in [-0.3, -0.25) is 0 Å². The third-order valence-corrected chi connectivity index (χ3v) is 4.97. The predicted octanol–water partition coefficient (Wildman–Crippen LogP) is 3.57. The van der Waals surface area contributed by atoms with E-state index in [1.165, 1.54) is 32.1 Å². The quantitative estimate of drug-likeness (QED) is 0.831. The van der Waals surface area contributed by atoms with E-state index < -0.39 is 5.60 Å². The molecule has 5 heteroatoms. The predicted molar refractivity (Wildman–Crippen MR) is 96.2 cm³/mol. The first-order chi connectivity index (χ1) is 11.4. The third kappa shape index (κ3) is 6.60. The molecule has 1 N–H and O–H groups in total. The maximum Gasteiger partial charge on any atom is 0.407 e. The molecule has 1 amide bonds. The first-order valence-corrected chi connectivity index (χ1v) is 9.71. The number of alkyl carbamates (subject to hydrolysis) is 1. The van der Waals surface area contributed by atoms with E-state index in [-0.39, 0.29) is 12.1 Å². The number of likely N-dealkylation sites (tertiary alicyclic amines) is 1. The minimum absolute atomic E-state index is 0.237. The van der Waals surface area contributed by atoms with Gasteiger partial charge in [-0.05, 0) is 65.8 Å². The van der Waals surface area contributed by atoms with Gasteiger partial charge in [-0.1, -0.05) is 12.8 Å². The molecule has 140 valence electrons. The molecule has 0 aromatic rings. The molecule has 24 heavy (non-hydrogen) atoms. The summed E-state index contributed by atoms with van der Waals surface area (Å²) < 4.78 is 11.3. The van der Waals surface area contributed by atoms with Crippen molar-refractivity contribution in [3.63, 3.8) is 0 Å². The average molecular weight is 341 g/mol. The number of nitrogens with zero attached hydrogens (tertiary/aromatic N) is 1. The van der Waals surface area contributed by atoms with Crippen molar-refractivity contribution in [3.8, 4) is 0 Å². The van der Waals surface area contributed by atoms with Crippen molar-refractivity contribution in [3.05, 3.63) is 0 Å². The van der Waals surface area contributed by atoms with Gasteiger partial charge in [0.05, 0.1) is 6.10 Å². The van der Waals surface area contributed by atoms with Crippen LogP contribution in [0.4, 0.5) is 4.79 Å². The lowest BCUT2D eigenvalue weighted by Gasteiger charge is -2.39. The van der Waals surface area contributed by atoms with Crippen LogP contribution >= 0.6 is 0 Å². The second kappa shape index (κ2) is 9.04. The van der Waals surface area contributed by atoms with Crippen molar-refractivity contribution in [2.45, 2.75) is 84.0 Å². The van der Waals surface area contributed by atoms with E-state index in [0.29, 0.717) is 12.0 Å². The molecule has 1 saturated heterocycles. The maximum absolute atomic E-state index is 12.1. The molecule has 0 aromatic heterocycles. The number of carbonyl (C=O) groups is 1. The van der Waals surface area contributed by atoms with Crippen LogP contribution in [0.15, 0.2) is 0 Å². The molecule has 0 bridgehead atoms. The minimum atomic E-state index is -0.439. The lowest BCUT2D eigenvalue weighted by molar-refractivity contribution is -0.00240. The monoisotopic (exact) mass is 340 g/mol. The molecule has 2 fully saturated rings. The summed E-state index contributed by atoms with van der Waals surface area (Å²) in [5.41, 5.74) is -0.439. The summed E-state index contributed by atoms with van der Waals surface area (Å²) in [4.78, 5) is 14.7. The van der Waals surface area contributed by atoms with Gasteiger partial charge in [0.25, 0.3) is 0 Å². The van der Waals surface area contributed by atoms with Crippen LogP contribution in [0.5, 0.6) is 0 Å². The number of carbonyl (C=O) groups excluding carboxylic acids is 1. The topological polar surface area (TPSA) is 50.8 Å². The van der Waals surface area contributed by atoms with Gasteiger partial charge in [0.1, 0.15) is 5.60 Å². The number of hydrogen-bond acceptors (Lipinski definition) is 4. The molecule has 0 radical (unpaired) electrons. The van der Waals surface area contributed by atoms with E-state index in [0.717, 1.165) is 32.7 Å². The van der Waals surface area contributed by atoms with Crippen molar-refractivity contribution < 1.29 is 14.3 Å². The number of ether oxygens (including phenoxy) is 2. The van der Waals surface area contributed by atoms with Crippen LogP contribution in [-0.2, 0) is 9.47 Å². The van der Waals surface area contributed by atoms with Crippen molar-refractivity contribution in [1.82, 2.24) is 10.2 Å². The summed E-state index contributed by atoms with van der Waals surface area (Å²) in [5, 5.41) is 3.13. The zero-order chi connectivity index (χ0) is 17.6. The molecule has 1 aliphatic heterocycles. The Hall–Kier alpha value is -0.810. The fourth-order valence-electron chi connectivity index (χ4n) is 3.96. The van der Waals surface area contributed by atoms with Crippen LogP contribution in [0.2, 0.25) is 0 Å². The van der Waals surface area contributed by atoms with Crippen molar-refractivity contribution in [2.75, 3.05) is 26.2 Å².